The highest BCUT2D eigenvalue weighted by Crippen LogP contribution is 2.29. The first kappa shape index (κ1) is 13.5. The Morgan fingerprint density at radius 1 is 1.39 bits per heavy atom. The van der Waals surface area contributed by atoms with E-state index in [9.17, 15) is 0 Å². The van der Waals surface area contributed by atoms with Crippen LogP contribution in [0.5, 0.6) is 0 Å². The van der Waals surface area contributed by atoms with Crippen LogP contribution in [0.2, 0.25) is 0 Å². The van der Waals surface area contributed by atoms with E-state index in [0.29, 0.717) is 11.9 Å². The number of nitrogens with zero attached hydrogens (tertiary/aromatic N) is 2. The Hall–Kier alpha value is -0.900. The van der Waals surface area contributed by atoms with Gasteiger partial charge in [0.05, 0.1) is 6.54 Å². The third-order valence-corrected chi connectivity index (χ3v) is 3.71. The fourth-order valence-corrected chi connectivity index (χ4v) is 3.01. The van der Waals surface area contributed by atoms with E-state index in [1.165, 1.54) is 32.1 Å². The maximum atomic E-state index is 4.98. The van der Waals surface area contributed by atoms with Crippen molar-refractivity contribution in [1.82, 2.24) is 15.5 Å². The van der Waals surface area contributed by atoms with E-state index < -0.39 is 0 Å². The number of aromatic nitrogens is 2. The first-order valence-corrected chi connectivity index (χ1v) is 7.16. The van der Waals surface area contributed by atoms with Crippen LogP contribution in [0, 0.1) is 18.8 Å². The highest BCUT2D eigenvalue weighted by atomic mass is 16.5. The van der Waals surface area contributed by atoms with Gasteiger partial charge in [-0.15, -0.1) is 0 Å². The Kier molecular flexibility index (Phi) is 4.75. The minimum atomic E-state index is 0.626. The fraction of sp³-hybridized carbons (Fsp3) is 0.857. The standard InChI is InChI=1S/C14H25N3O/c1-10(2)7-12-5-4-6-13(8-12)15-9-14-16-11(3)18-17-14/h10,12-13,15H,4-9H2,1-3H3. The van der Waals surface area contributed by atoms with Crippen molar-refractivity contribution >= 4 is 0 Å². The van der Waals surface area contributed by atoms with E-state index in [0.717, 1.165) is 24.2 Å². The van der Waals surface area contributed by atoms with E-state index in [1.54, 1.807) is 0 Å². The van der Waals surface area contributed by atoms with Gasteiger partial charge in [0.25, 0.3) is 0 Å². The molecule has 4 nitrogen and oxygen atoms in total. The summed E-state index contributed by atoms with van der Waals surface area (Å²) in [5.41, 5.74) is 0. The molecule has 1 N–H and O–H groups in total. The molecule has 1 aromatic heterocycles. The summed E-state index contributed by atoms with van der Waals surface area (Å²) >= 11 is 0. The molecule has 0 spiro atoms. The Morgan fingerprint density at radius 3 is 2.89 bits per heavy atom. The molecule has 0 saturated heterocycles. The van der Waals surface area contributed by atoms with Gasteiger partial charge in [-0.2, -0.15) is 4.98 Å². The maximum absolute atomic E-state index is 4.98. The van der Waals surface area contributed by atoms with Crippen LogP contribution in [0.3, 0.4) is 0 Å². The lowest BCUT2D eigenvalue weighted by atomic mass is 9.81. The Balaban J connectivity index is 1.75. The summed E-state index contributed by atoms with van der Waals surface area (Å²) in [4.78, 5) is 4.22. The van der Waals surface area contributed by atoms with Crippen molar-refractivity contribution in [3.63, 3.8) is 0 Å². The van der Waals surface area contributed by atoms with Gasteiger partial charge in [-0.05, 0) is 31.1 Å². The van der Waals surface area contributed by atoms with Crippen molar-refractivity contribution in [1.29, 1.82) is 0 Å². The fourth-order valence-electron chi connectivity index (χ4n) is 3.01. The summed E-state index contributed by atoms with van der Waals surface area (Å²) in [5, 5.41) is 7.49. The van der Waals surface area contributed by atoms with Crippen LogP contribution >= 0.6 is 0 Å². The SMILES string of the molecule is Cc1nc(CNC2CCCC(CC(C)C)C2)no1. The molecule has 102 valence electrons. The molecule has 1 fully saturated rings. The molecule has 1 aromatic rings. The number of hydrogen-bond donors (Lipinski definition) is 1. The van der Waals surface area contributed by atoms with Crippen LogP contribution in [-0.4, -0.2) is 16.2 Å². The highest BCUT2D eigenvalue weighted by Gasteiger charge is 2.22. The van der Waals surface area contributed by atoms with Crippen molar-refractivity contribution < 1.29 is 4.52 Å². The van der Waals surface area contributed by atoms with Crippen molar-refractivity contribution in [3.8, 4) is 0 Å². The summed E-state index contributed by atoms with van der Waals surface area (Å²) in [7, 11) is 0. The van der Waals surface area contributed by atoms with E-state index in [2.05, 4.69) is 29.3 Å². The van der Waals surface area contributed by atoms with E-state index >= 15 is 0 Å². The summed E-state index contributed by atoms with van der Waals surface area (Å²) in [6, 6.07) is 0.626. The zero-order chi connectivity index (χ0) is 13.0. The average Bonchev–Trinajstić information content (AvgIpc) is 2.72. The van der Waals surface area contributed by atoms with Crippen LogP contribution < -0.4 is 5.32 Å². The highest BCUT2D eigenvalue weighted by molar-refractivity contribution is 4.86. The van der Waals surface area contributed by atoms with Crippen LogP contribution in [-0.2, 0) is 6.54 Å². The normalized spacial score (nSPS) is 24.7. The molecular weight excluding hydrogens is 226 g/mol. The second-order valence-electron chi connectivity index (χ2n) is 5.97. The van der Waals surface area contributed by atoms with E-state index in [4.69, 9.17) is 4.52 Å². The van der Waals surface area contributed by atoms with Gasteiger partial charge in [-0.25, -0.2) is 0 Å². The topological polar surface area (TPSA) is 51.0 Å². The lowest BCUT2D eigenvalue weighted by molar-refractivity contribution is 0.250. The average molecular weight is 251 g/mol. The molecule has 1 aliphatic carbocycles. The molecular formula is C14H25N3O. The van der Waals surface area contributed by atoms with E-state index in [-0.39, 0.29) is 0 Å². The first-order chi connectivity index (χ1) is 8.63. The summed E-state index contributed by atoms with van der Waals surface area (Å²) < 4.78 is 4.98. The van der Waals surface area contributed by atoms with Crippen LogP contribution in [0.25, 0.3) is 0 Å². The predicted molar refractivity (Wildman–Crippen MR) is 71.1 cm³/mol. The second kappa shape index (κ2) is 6.32. The van der Waals surface area contributed by atoms with Crippen molar-refractivity contribution in [2.75, 3.05) is 0 Å². The number of hydrogen-bond acceptors (Lipinski definition) is 4. The van der Waals surface area contributed by atoms with Crippen LogP contribution in [0.4, 0.5) is 0 Å². The molecule has 18 heavy (non-hydrogen) atoms. The largest absolute Gasteiger partial charge is 0.340 e. The van der Waals surface area contributed by atoms with E-state index in [1.807, 2.05) is 6.92 Å². The van der Waals surface area contributed by atoms with Gasteiger partial charge < -0.3 is 9.84 Å². The summed E-state index contributed by atoms with van der Waals surface area (Å²) in [6.45, 7) is 7.20. The third kappa shape index (κ3) is 4.09. The number of aryl methyl sites for hydroxylation is 1. The molecule has 1 aliphatic rings. The van der Waals surface area contributed by atoms with Crippen LogP contribution in [0.15, 0.2) is 4.52 Å². The van der Waals surface area contributed by atoms with Crippen molar-refractivity contribution in [2.45, 2.75) is 65.5 Å². The molecule has 2 atom stereocenters. The molecule has 1 saturated carbocycles. The Bertz CT molecular complexity index is 362. The molecule has 1 heterocycles. The van der Waals surface area contributed by atoms with Gasteiger partial charge in [-0.3, -0.25) is 0 Å². The molecule has 0 amide bonds. The van der Waals surface area contributed by atoms with Gasteiger partial charge in [0.15, 0.2) is 5.82 Å². The molecule has 2 rings (SSSR count). The van der Waals surface area contributed by atoms with Crippen molar-refractivity contribution in [3.05, 3.63) is 11.7 Å². The smallest absolute Gasteiger partial charge is 0.223 e. The number of rotatable bonds is 5. The summed E-state index contributed by atoms with van der Waals surface area (Å²) in [5.74, 6) is 3.13. The lowest BCUT2D eigenvalue weighted by Gasteiger charge is -2.30. The predicted octanol–water partition coefficient (Wildman–Crippen LogP) is 3.07. The lowest BCUT2D eigenvalue weighted by Crippen LogP contribution is -2.34. The molecule has 0 aromatic carbocycles. The zero-order valence-corrected chi connectivity index (χ0v) is 11.8. The van der Waals surface area contributed by atoms with Crippen molar-refractivity contribution in [2.24, 2.45) is 11.8 Å². The van der Waals surface area contributed by atoms with Gasteiger partial charge in [0, 0.05) is 13.0 Å². The first-order valence-electron chi connectivity index (χ1n) is 7.16. The second-order valence-corrected chi connectivity index (χ2v) is 5.97. The molecule has 2 unspecified atom stereocenters. The van der Waals surface area contributed by atoms with Gasteiger partial charge in [0.1, 0.15) is 0 Å². The van der Waals surface area contributed by atoms with Gasteiger partial charge in [0.2, 0.25) is 5.89 Å². The molecule has 0 radical (unpaired) electrons. The maximum Gasteiger partial charge on any atom is 0.223 e. The summed E-state index contributed by atoms with van der Waals surface area (Å²) in [6.07, 6.45) is 6.69. The molecule has 0 aliphatic heterocycles. The zero-order valence-electron chi connectivity index (χ0n) is 11.8. The minimum absolute atomic E-state index is 0.626. The number of nitrogens with one attached hydrogen (secondary N) is 1. The van der Waals surface area contributed by atoms with Gasteiger partial charge >= 0.3 is 0 Å². The minimum Gasteiger partial charge on any atom is -0.340 e. The Labute approximate surface area is 110 Å². The van der Waals surface area contributed by atoms with Crippen LogP contribution in [0.1, 0.15) is 57.7 Å². The monoisotopic (exact) mass is 251 g/mol. The quantitative estimate of drug-likeness (QED) is 0.873. The molecule has 0 bridgehead atoms. The third-order valence-electron chi connectivity index (χ3n) is 3.71. The Morgan fingerprint density at radius 2 is 2.22 bits per heavy atom. The molecule has 4 heteroatoms. The van der Waals surface area contributed by atoms with Gasteiger partial charge in [-0.1, -0.05) is 31.8 Å².